The Morgan fingerprint density at radius 3 is 2.67 bits per heavy atom. The fourth-order valence-corrected chi connectivity index (χ4v) is 3.82. The minimum atomic E-state index is -0.0476. The first-order valence-corrected chi connectivity index (χ1v) is 9.21. The lowest BCUT2D eigenvalue weighted by molar-refractivity contribution is 0.0936. The quantitative estimate of drug-likeness (QED) is 0.593. The summed E-state index contributed by atoms with van der Waals surface area (Å²) < 4.78 is 1.92. The first kappa shape index (κ1) is 15.8. The van der Waals surface area contributed by atoms with E-state index in [1.807, 2.05) is 65.3 Å². The highest BCUT2D eigenvalue weighted by molar-refractivity contribution is 5.94. The molecule has 2 heterocycles. The Balaban J connectivity index is 1.41. The van der Waals surface area contributed by atoms with Gasteiger partial charge in [-0.3, -0.25) is 4.79 Å². The predicted molar refractivity (Wildman–Crippen MR) is 106 cm³/mol. The van der Waals surface area contributed by atoms with Crippen LogP contribution in [-0.4, -0.2) is 15.3 Å². The van der Waals surface area contributed by atoms with Crippen molar-refractivity contribution in [1.82, 2.24) is 14.7 Å². The second-order valence-electron chi connectivity index (χ2n) is 6.94. The van der Waals surface area contributed by atoms with Crippen LogP contribution in [0.2, 0.25) is 0 Å². The molecule has 4 aromatic rings. The molecule has 1 atom stereocenters. The van der Waals surface area contributed by atoms with Gasteiger partial charge in [-0.25, -0.2) is 4.98 Å². The molecule has 0 unspecified atom stereocenters. The predicted octanol–water partition coefficient (Wildman–Crippen LogP) is 4.42. The number of nitrogens with zero attached hydrogens (tertiary/aromatic N) is 2. The van der Waals surface area contributed by atoms with Crippen LogP contribution in [0.5, 0.6) is 0 Å². The van der Waals surface area contributed by atoms with E-state index in [4.69, 9.17) is 0 Å². The van der Waals surface area contributed by atoms with Crippen LogP contribution in [0.1, 0.15) is 33.9 Å². The summed E-state index contributed by atoms with van der Waals surface area (Å²) in [7, 11) is 0. The highest BCUT2D eigenvalue weighted by Gasteiger charge is 2.23. The highest BCUT2D eigenvalue weighted by atomic mass is 16.1. The Labute approximate surface area is 157 Å². The zero-order chi connectivity index (χ0) is 18.2. The molecule has 0 fully saturated rings. The van der Waals surface area contributed by atoms with E-state index in [1.165, 1.54) is 11.1 Å². The number of carbonyl (C=O) groups is 1. The van der Waals surface area contributed by atoms with Gasteiger partial charge in [0.15, 0.2) is 0 Å². The summed E-state index contributed by atoms with van der Waals surface area (Å²) in [5.74, 6) is -0.0476. The minimum absolute atomic E-state index is 0.0476. The number of benzene rings is 2. The smallest absolute Gasteiger partial charge is 0.253 e. The van der Waals surface area contributed by atoms with Crippen LogP contribution in [0, 0.1) is 0 Å². The lowest BCUT2D eigenvalue weighted by atomic mass is 10.1. The number of rotatable bonds is 3. The lowest BCUT2D eigenvalue weighted by Crippen LogP contribution is -2.27. The molecule has 1 N–H and O–H groups in total. The molecule has 132 valence electrons. The molecule has 27 heavy (non-hydrogen) atoms. The third-order valence-corrected chi connectivity index (χ3v) is 5.22. The van der Waals surface area contributed by atoms with Crippen molar-refractivity contribution in [3.8, 4) is 11.3 Å². The van der Waals surface area contributed by atoms with Crippen molar-refractivity contribution < 1.29 is 4.79 Å². The average molecular weight is 353 g/mol. The Bertz CT molecular complexity index is 1130. The van der Waals surface area contributed by atoms with Crippen LogP contribution in [0.25, 0.3) is 16.9 Å². The van der Waals surface area contributed by atoms with E-state index in [2.05, 4.69) is 28.5 Å². The van der Waals surface area contributed by atoms with Gasteiger partial charge in [-0.15, -0.1) is 0 Å². The highest BCUT2D eigenvalue weighted by Crippen LogP contribution is 2.31. The van der Waals surface area contributed by atoms with Crippen molar-refractivity contribution >= 4 is 11.6 Å². The SMILES string of the molecule is O=C(N[C@H]1CCc2ccccc21)c1ccc2nc(-c3ccccc3)cn2c1. The third kappa shape index (κ3) is 2.89. The number of aryl methyl sites for hydroxylation is 1. The number of hydrogen-bond acceptors (Lipinski definition) is 2. The third-order valence-electron chi connectivity index (χ3n) is 5.22. The fourth-order valence-electron chi connectivity index (χ4n) is 3.82. The molecular formula is C23H19N3O. The molecule has 0 bridgehead atoms. The van der Waals surface area contributed by atoms with Gasteiger partial charge >= 0.3 is 0 Å². The lowest BCUT2D eigenvalue weighted by Gasteiger charge is -2.14. The van der Waals surface area contributed by atoms with Crippen molar-refractivity contribution in [1.29, 1.82) is 0 Å². The Morgan fingerprint density at radius 1 is 0.963 bits per heavy atom. The molecule has 0 aliphatic heterocycles. The van der Waals surface area contributed by atoms with Gasteiger partial charge in [0.1, 0.15) is 5.65 Å². The molecular weight excluding hydrogens is 334 g/mol. The van der Waals surface area contributed by atoms with Gasteiger partial charge < -0.3 is 9.72 Å². The Kier molecular flexibility index (Phi) is 3.75. The fraction of sp³-hybridized carbons (Fsp3) is 0.130. The van der Waals surface area contributed by atoms with E-state index in [9.17, 15) is 4.79 Å². The van der Waals surface area contributed by atoms with Gasteiger partial charge in [-0.2, -0.15) is 0 Å². The maximum atomic E-state index is 12.8. The van der Waals surface area contributed by atoms with Crippen LogP contribution >= 0.6 is 0 Å². The maximum absolute atomic E-state index is 12.8. The molecule has 5 rings (SSSR count). The molecule has 1 aliphatic rings. The molecule has 0 spiro atoms. The van der Waals surface area contributed by atoms with E-state index < -0.39 is 0 Å². The average Bonchev–Trinajstić information content (AvgIpc) is 3.32. The van der Waals surface area contributed by atoms with E-state index in [-0.39, 0.29) is 11.9 Å². The van der Waals surface area contributed by atoms with E-state index >= 15 is 0 Å². The first-order valence-electron chi connectivity index (χ1n) is 9.21. The van der Waals surface area contributed by atoms with Crippen molar-refractivity contribution in [2.24, 2.45) is 0 Å². The largest absolute Gasteiger partial charge is 0.345 e. The molecule has 4 nitrogen and oxygen atoms in total. The molecule has 2 aromatic carbocycles. The molecule has 0 saturated carbocycles. The molecule has 0 saturated heterocycles. The normalized spacial score (nSPS) is 15.6. The van der Waals surface area contributed by atoms with Crippen LogP contribution < -0.4 is 5.32 Å². The van der Waals surface area contributed by atoms with Gasteiger partial charge in [0.05, 0.1) is 17.3 Å². The number of hydrogen-bond donors (Lipinski definition) is 1. The van der Waals surface area contributed by atoms with Crippen molar-refractivity contribution in [3.63, 3.8) is 0 Å². The number of carbonyl (C=O) groups excluding carboxylic acids is 1. The molecule has 2 aromatic heterocycles. The van der Waals surface area contributed by atoms with Crippen LogP contribution in [0.3, 0.4) is 0 Å². The number of aromatic nitrogens is 2. The summed E-state index contributed by atoms with van der Waals surface area (Å²) in [6.45, 7) is 0. The molecule has 1 amide bonds. The van der Waals surface area contributed by atoms with Gasteiger partial charge in [-0.1, -0.05) is 54.6 Å². The second kappa shape index (κ2) is 6.40. The maximum Gasteiger partial charge on any atom is 0.253 e. The van der Waals surface area contributed by atoms with Crippen molar-refractivity contribution in [2.45, 2.75) is 18.9 Å². The van der Waals surface area contributed by atoms with Gasteiger partial charge in [0.25, 0.3) is 5.91 Å². The number of fused-ring (bicyclic) bond motifs is 2. The number of pyridine rings is 1. The Morgan fingerprint density at radius 2 is 1.78 bits per heavy atom. The van der Waals surface area contributed by atoms with E-state index in [0.717, 1.165) is 29.7 Å². The van der Waals surface area contributed by atoms with Gasteiger partial charge in [0, 0.05) is 18.0 Å². The molecule has 0 radical (unpaired) electrons. The summed E-state index contributed by atoms with van der Waals surface area (Å²) in [4.78, 5) is 17.4. The second-order valence-corrected chi connectivity index (χ2v) is 6.94. The number of amides is 1. The van der Waals surface area contributed by atoms with Crippen molar-refractivity contribution in [3.05, 3.63) is 95.8 Å². The van der Waals surface area contributed by atoms with Gasteiger partial charge in [0.2, 0.25) is 0 Å². The van der Waals surface area contributed by atoms with Crippen LogP contribution in [0.4, 0.5) is 0 Å². The van der Waals surface area contributed by atoms with E-state index in [0.29, 0.717) is 5.56 Å². The van der Waals surface area contributed by atoms with Gasteiger partial charge in [-0.05, 0) is 36.1 Å². The topological polar surface area (TPSA) is 46.4 Å². The van der Waals surface area contributed by atoms with Crippen LogP contribution in [-0.2, 0) is 6.42 Å². The number of nitrogens with one attached hydrogen (secondary N) is 1. The summed E-state index contributed by atoms with van der Waals surface area (Å²) >= 11 is 0. The van der Waals surface area contributed by atoms with E-state index in [1.54, 1.807) is 0 Å². The molecule has 4 heteroatoms. The zero-order valence-electron chi connectivity index (χ0n) is 14.8. The summed E-state index contributed by atoms with van der Waals surface area (Å²) in [6, 6.07) is 22.2. The van der Waals surface area contributed by atoms with Crippen molar-refractivity contribution in [2.75, 3.05) is 0 Å². The summed E-state index contributed by atoms with van der Waals surface area (Å²) in [5, 5.41) is 3.18. The summed E-state index contributed by atoms with van der Waals surface area (Å²) in [6.07, 6.45) is 5.79. The standard InChI is InChI=1S/C23H19N3O/c27-23(25-20-12-10-16-6-4-5-9-19(16)20)18-11-13-22-24-21(15-26(22)14-18)17-7-2-1-3-8-17/h1-9,11,13-15,20H,10,12H2,(H,25,27)/t20-/m0/s1. The monoisotopic (exact) mass is 353 g/mol. The number of imidazole rings is 1. The summed E-state index contributed by atoms with van der Waals surface area (Å²) in [5.41, 5.74) is 6.01. The molecule has 1 aliphatic carbocycles. The minimum Gasteiger partial charge on any atom is -0.345 e. The zero-order valence-corrected chi connectivity index (χ0v) is 14.8. The Hall–Kier alpha value is -3.40. The first-order chi connectivity index (χ1) is 13.3. The van der Waals surface area contributed by atoms with Crippen LogP contribution in [0.15, 0.2) is 79.1 Å².